The van der Waals surface area contributed by atoms with Crippen LogP contribution in [0.2, 0.25) is 0 Å². The maximum absolute atomic E-state index is 14.5. The molecule has 3 N–H and O–H groups in total. The van der Waals surface area contributed by atoms with Crippen LogP contribution in [0, 0.1) is 22.2 Å². The number of carbonyl (C=O) groups is 3. The van der Waals surface area contributed by atoms with Crippen LogP contribution >= 0.6 is 7.75 Å². The van der Waals surface area contributed by atoms with E-state index in [1.807, 2.05) is 6.07 Å². The van der Waals surface area contributed by atoms with E-state index >= 15 is 0 Å². The molecule has 2 aliphatic rings. The van der Waals surface area contributed by atoms with Crippen molar-refractivity contribution in [1.29, 1.82) is 5.26 Å². The van der Waals surface area contributed by atoms with Gasteiger partial charge in [0.1, 0.15) is 48.5 Å². The first-order valence-electron chi connectivity index (χ1n) is 16.5. The summed E-state index contributed by atoms with van der Waals surface area (Å²) in [6.07, 6.45) is -3.69. The molecule has 4 heterocycles. The summed E-state index contributed by atoms with van der Waals surface area (Å²) in [4.78, 5) is 43.9. The first-order valence-corrected chi connectivity index (χ1v) is 18.0. The van der Waals surface area contributed by atoms with Gasteiger partial charge in [-0.2, -0.15) is 15.4 Å². The molecule has 2 fully saturated rings. The van der Waals surface area contributed by atoms with Crippen molar-refractivity contribution in [3.05, 3.63) is 54.5 Å². The summed E-state index contributed by atoms with van der Waals surface area (Å²) in [7, 11) is -4.59. The third-order valence-electron chi connectivity index (χ3n) is 8.10. The predicted molar refractivity (Wildman–Crippen MR) is 182 cm³/mol. The number of carbonyl (C=O) groups excluding carboxylic acids is 3. The van der Waals surface area contributed by atoms with Crippen LogP contribution in [0.1, 0.15) is 60.3 Å². The number of benzene rings is 1. The Morgan fingerprint density at radius 2 is 1.71 bits per heavy atom. The van der Waals surface area contributed by atoms with Gasteiger partial charge in [-0.25, -0.2) is 14.1 Å². The molecule has 0 saturated carbocycles. The van der Waals surface area contributed by atoms with E-state index in [9.17, 15) is 24.2 Å². The minimum atomic E-state index is -4.59. The average Bonchev–Trinajstić information content (AvgIpc) is 3.61. The number of nitrogens with zero attached hydrogens (tertiary/aromatic N) is 4. The van der Waals surface area contributed by atoms with Crippen LogP contribution in [0.3, 0.4) is 0 Å². The van der Waals surface area contributed by atoms with Crippen LogP contribution < -0.4 is 15.3 Å². The standard InChI is InChI=1S/C34H43N6O11P/c1-20(29(41)47-22-15-45-16-22)39-52(44,51-21-11-9-8-10-12-21)46-18-34(17-35)27(49-31(43)33(5,6)7)26(48-30(42)32(2,3)4)25(50-34)23-13-14-24-28(36)37-19-38-40(23)24/h8-14,19-20,22,25-27H,15-16,18H2,1-7H3,(H,39,44)(H2,36,37,38)/t20-,25-,26-,27-,34+,52?/m0/s1. The van der Waals surface area contributed by atoms with Crippen molar-refractivity contribution in [1.82, 2.24) is 19.7 Å². The highest BCUT2D eigenvalue weighted by molar-refractivity contribution is 7.52. The number of nitrogen functional groups attached to an aromatic ring is 1. The second-order valence-electron chi connectivity index (χ2n) is 14.6. The topological polar surface area (TPSA) is 225 Å². The van der Waals surface area contributed by atoms with E-state index in [0.29, 0.717) is 5.52 Å². The van der Waals surface area contributed by atoms with Crippen molar-refractivity contribution in [3.8, 4) is 11.8 Å². The van der Waals surface area contributed by atoms with E-state index in [2.05, 4.69) is 15.2 Å². The first-order chi connectivity index (χ1) is 24.4. The molecule has 0 radical (unpaired) electrons. The molecule has 17 nitrogen and oxygen atoms in total. The molecule has 280 valence electrons. The number of nitrogens with two attached hydrogens (primary N) is 1. The minimum Gasteiger partial charge on any atom is -0.456 e. The maximum atomic E-state index is 14.5. The van der Waals surface area contributed by atoms with Crippen molar-refractivity contribution >= 4 is 37.0 Å². The molecular formula is C34H43N6O11P. The van der Waals surface area contributed by atoms with E-state index < -0.39 is 79.2 Å². The summed E-state index contributed by atoms with van der Waals surface area (Å²) in [5, 5.41) is 17.8. The summed E-state index contributed by atoms with van der Waals surface area (Å²) in [5.41, 5.74) is 2.33. The fourth-order valence-electron chi connectivity index (χ4n) is 5.05. The van der Waals surface area contributed by atoms with Gasteiger partial charge in [0.05, 0.1) is 29.7 Å². The molecule has 1 unspecified atom stereocenters. The van der Waals surface area contributed by atoms with Crippen LogP contribution in [0.25, 0.3) is 5.52 Å². The van der Waals surface area contributed by atoms with Gasteiger partial charge in [-0.15, -0.1) is 0 Å². The second-order valence-corrected chi connectivity index (χ2v) is 16.3. The molecule has 0 spiro atoms. The SMILES string of the molecule is C[C@H](NP(=O)(OC[C@@]1(C#N)O[C@@H](c2ccc3c(N)ncnn23)[C@H](OC(=O)C(C)(C)C)[C@@H]1OC(=O)C(C)(C)C)Oc1ccccc1)C(=O)OC1COC1. The third kappa shape index (κ3) is 8.38. The number of aromatic nitrogens is 3. The van der Waals surface area contributed by atoms with Crippen LogP contribution in [-0.4, -0.2) is 82.3 Å². The largest absolute Gasteiger partial charge is 0.459 e. The lowest BCUT2D eigenvalue weighted by Gasteiger charge is -2.33. The number of rotatable bonds is 12. The highest BCUT2D eigenvalue weighted by atomic mass is 31.2. The smallest absolute Gasteiger partial charge is 0.456 e. The van der Waals surface area contributed by atoms with E-state index in [0.717, 1.165) is 0 Å². The number of nitrogens with one attached hydrogen (secondary N) is 1. The molecule has 0 bridgehead atoms. The number of ether oxygens (including phenoxy) is 5. The van der Waals surface area contributed by atoms with Gasteiger partial charge < -0.3 is 33.9 Å². The summed E-state index contributed by atoms with van der Waals surface area (Å²) in [5.74, 6) is -1.98. The third-order valence-corrected chi connectivity index (χ3v) is 9.72. The average molecular weight is 743 g/mol. The van der Waals surface area contributed by atoms with Gasteiger partial charge in [-0.3, -0.25) is 18.9 Å². The van der Waals surface area contributed by atoms with Gasteiger partial charge in [0, 0.05) is 0 Å². The Balaban J connectivity index is 1.57. The Hall–Kier alpha value is -4.59. The van der Waals surface area contributed by atoms with Crippen molar-refractivity contribution in [3.63, 3.8) is 0 Å². The zero-order valence-corrected chi connectivity index (χ0v) is 30.8. The number of nitriles is 1. The summed E-state index contributed by atoms with van der Waals surface area (Å²) in [6.45, 7) is 10.7. The molecule has 52 heavy (non-hydrogen) atoms. The summed E-state index contributed by atoms with van der Waals surface area (Å²) in [6, 6.07) is 12.0. The fourth-order valence-corrected chi connectivity index (χ4v) is 6.57. The monoisotopic (exact) mass is 742 g/mol. The zero-order valence-electron chi connectivity index (χ0n) is 29.9. The first kappa shape index (κ1) is 38.6. The molecule has 2 aromatic heterocycles. The Morgan fingerprint density at radius 1 is 1.06 bits per heavy atom. The number of hydrogen-bond donors (Lipinski definition) is 2. The zero-order chi connectivity index (χ0) is 38.1. The molecule has 6 atom stereocenters. The number of fused-ring (bicyclic) bond motifs is 1. The van der Waals surface area contributed by atoms with E-state index in [1.54, 1.807) is 71.9 Å². The summed E-state index contributed by atoms with van der Waals surface area (Å²) < 4.78 is 56.5. The number of esters is 3. The number of hydrogen-bond acceptors (Lipinski definition) is 15. The van der Waals surface area contributed by atoms with Gasteiger partial charge in [0.25, 0.3) is 0 Å². The molecule has 2 aliphatic heterocycles. The molecule has 0 amide bonds. The van der Waals surface area contributed by atoms with Crippen molar-refractivity contribution < 1.29 is 51.7 Å². The molecule has 1 aromatic carbocycles. The Bertz CT molecular complexity index is 1880. The highest BCUT2D eigenvalue weighted by Gasteiger charge is 2.63. The molecule has 5 rings (SSSR count). The fraction of sp³-hybridized carbons (Fsp3) is 0.529. The highest BCUT2D eigenvalue weighted by Crippen LogP contribution is 2.50. The lowest BCUT2D eigenvalue weighted by molar-refractivity contribution is -0.179. The predicted octanol–water partition coefficient (Wildman–Crippen LogP) is 3.68. The second kappa shape index (κ2) is 14.8. The van der Waals surface area contributed by atoms with Gasteiger partial charge in [0.2, 0.25) is 5.60 Å². The van der Waals surface area contributed by atoms with Gasteiger partial charge in [-0.05, 0) is 72.7 Å². The van der Waals surface area contributed by atoms with Crippen LogP contribution in [-0.2, 0) is 47.2 Å². The molecule has 3 aromatic rings. The van der Waals surface area contributed by atoms with E-state index in [1.165, 1.54) is 29.9 Å². The molecule has 0 aliphatic carbocycles. The summed E-state index contributed by atoms with van der Waals surface area (Å²) >= 11 is 0. The van der Waals surface area contributed by atoms with Gasteiger partial charge in [0.15, 0.2) is 18.0 Å². The van der Waals surface area contributed by atoms with Gasteiger partial charge in [-0.1, -0.05) is 18.2 Å². The molecular weight excluding hydrogens is 699 g/mol. The van der Waals surface area contributed by atoms with Gasteiger partial charge >= 0.3 is 25.7 Å². The van der Waals surface area contributed by atoms with E-state index in [4.69, 9.17) is 38.5 Å². The lowest BCUT2D eigenvalue weighted by atomic mass is 9.92. The van der Waals surface area contributed by atoms with Crippen molar-refractivity contribution in [2.45, 2.75) is 84.5 Å². The lowest BCUT2D eigenvalue weighted by Crippen LogP contribution is -2.51. The van der Waals surface area contributed by atoms with Crippen LogP contribution in [0.15, 0.2) is 48.8 Å². The number of para-hydroxylation sites is 1. The molecule has 2 saturated heterocycles. The minimum absolute atomic E-state index is 0.104. The normalized spacial score (nSPS) is 23.8. The van der Waals surface area contributed by atoms with Crippen molar-refractivity contribution in [2.24, 2.45) is 10.8 Å². The molecule has 18 heteroatoms. The van der Waals surface area contributed by atoms with E-state index in [-0.39, 0.29) is 30.5 Å². The van der Waals surface area contributed by atoms with Crippen molar-refractivity contribution in [2.75, 3.05) is 25.6 Å². The Morgan fingerprint density at radius 3 is 2.31 bits per heavy atom. The van der Waals surface area contributed by atoms with Crippen LogP contribution in [0.4, 0.5) is 5.82 Å². The van der Waals surface area contributed by atoms with Crippen LogP contribution in [0.5, 0.6) is 5.75 Å². The maximum Gasteiger partial charge on any atom is 0.459 e. The Kier molecular flexibility index (Phi) is 11.0. The number of anilines is 1. The quantitative estimate of drug-likeness (QED) is 0.153. The Labute approximate surface area is 300 Å².